The van der Waals surface area contributed by atoms with Crippen molar-refractivity contribution < 1.29 is 4.74 Å². The number of pyridine rings is 1. The number of rotatable bonds is 3. The molecule has 0 amide bonds. The van der Waals surface area contributed by atoms with Crippen LogP contribution in [0.3, 0.4) is 0 Å². The van der Waals surface area contributed by atoms with Crippen LogP contribution in [0.5, 0.6) is 5.75 Å². The molecule has 22 heavy (non-hydrogen) atoms. The molecule has 1 aromatic heterocycles. The number of nitrogens with zero attached hydrogens (tertiary/aromatic N) is 2. The van der Waals surface area contributed by atoms with Crippen LogP contribution in [0.15, 0.2) is 48.7 Å². The van der Waals surface area contributed by atoms with Crippen molar-refractivity contribution in [2.45, 2.75) is 6.92 Å². The van der Waals surface area contributed by atoms with Gasteiger partial charge in [0.2, 0.25) is 0 Å². The van der Waals surface area contributed by atoms with Gasteiger partial charge in [-0.25, -0.2) is 0 Å². The van der Waals surface area contributed by atoms with Crippen molar-refractivity contribution in [3.05, 3.63) is 59.8 Å². The van der Waals surface area contributed by atoms with Gasteiger partial charge in [-0.05, 0) is 25.1 Å². The molecule has 0 bridgehead atoms. The number of aromatic nitrogens is 1. The Labute approximate surface area is 129 Å². The molecule has 0 atom stereocenters. The first-order valence-electron chi connectivity index (χ1n) is 6.92. The fourth-order valence-corrected chi connectivity index (χ4v) is 2.36. The van der Waals surface area contributed by atoms with E-state index in [4.69, 9.17) is 4.74 Å². The number of nitriles is 1. The average molecular weight is 289 g/mol. The van der Waals surface area contributed by atoms with E-state index in [2.05, 4.69) is 16.4 Å². The maximum Gasteiger partial charge on any atom is 0.145 e. The highest BCUT2D eigenvalue weighted by Crippen LogP contribution is 2.33. The summed E-state index contributed by atoms with van der Waals surface area (Å²) in [5.41, 5.74) is 4.10. The molecule has 1 N–H and O–H groups in total. The first-order chi connectivity index (χ1) is 10.7. The minimum Gasteiger partial charge on any atom is -0.494 e. The van der Waals surface area contributed by atoms with Gasteiger partial charge in [-0.1, -0.05) is 29.8 Å². The van der Waals surface area contributed by atoms with Crippen LogP contribution in [0, 0.1) is 18.3 Å². The number of fused-ring (bicyclic) bond motifs is 1. The molecule has 108 valence electrons. The Bertz CT molecular complexity index is 864. The van der Waals surface area contributed by atoms with Gasteiger partial charge in [0.25, 0.3) is 0 Å². The van der Waals surface area contributed by atoms with Gasteiger partial charge in [0, 0.05) is 17.3 Å². The van der Waals surface area contributed by atoms with Crippen molar-refractivity contribution in [3.63, 3.8) is 0 Å². The minimum atomic E-state index is 0.501. The fourth-order valence-electron chi connectivity index (χ4n) is 2.36. The molecule has 0 spiro atoms. The van der Waals surface area contributed by atoms with Crippen molar-refractivity contribution in [2.75, 3.05) is 12.4 Å². The summed E-state index contributed by atoms with van der Waals surface area (Å²) < 4.78 is 5.35. The van der Waals surface area contributed by atoms with Crippen LogP contribution in [-0.2, 0) is 0 Å². The van der Waals surface area contributed by atoms with E-state index in [-0.39, 0.29) is 0 Å². The largest absolute Gasteiger partial charge is 0.494 e. The molecule has 0 aliphatic rings. The highest BCUT2D eigenvalue weighted by atomic mass is 16.5. The zero-order chi connectivity index (χ0) is 15.5. The Kier molecular flexibility index (Phi) is 3.63. The molecule has 4 nitrogen and oxygen atoms in total. The molecule has 3 rings (SSSR count). The Balaban J connectivity index is 2.18. The summed E-state index contributed by atoms with van der Waals surface area (Å²) in [5.74, 6) is 0.689. The predicted octanol–water partition coefficient (Wildman–Crippen LogP) is 4.17. The third kappa shape index (κ3) is 2.45. The van der Waals surface area contributed by atoms with Crippen molar-refractivity contribution in [3.8, 4) is 11.8 Å². The normalized spacial score (nSPS) is 10.2. The van der Waals surface area contributed by atoms with Gasteiger partial charge in [-0.2, -0.15) is 5.26 Å². The molecular weight excluding hydrogens is 274 g/mol. The molecule has 0 saturated heterocycles. The Morgan fingerprint density at radius 3 is 2.59 bits per heavy atom. The van der Waals surface area contributed by atoms with Crippen LogP contribution in [0.4, 0.5) is 11.4 Å². The summed E-state index contributed by atoms with van der Waals surface area (Å²) >= 11 is 0. The molecule has 3 aromatic rings. The van der Waals surface area contributed by atoms with E-state index < -0.39 is 0 Å². The van der Waals surface area contributed by atoms with E-state index in [0.29, 0.717) is 11.3 Å². The maximum absolute atomic E-state index is 9.37. The summed E-state index contributed by atoms with van der Waals surface area (Å²) in [6.45, 7) is 2.04. The molecular formula is C18H15N3O. The topological polar surface area (TPSA) is 57.9 Å². The SMILES string of the molecule is COc1cccc2c(Nc3ccc(C)cc3)c(C#N)cnc12. The maximum atomic E-state index is 9.37. The van der Waals surface area contributed by atoms with E-state index in [1.54, 1.807) is 13.3 Å². The number of ether oxygens (including phenoxy) is 1. The van der Waals surface area contributed by atoms with Gasteiger partial charge in [0.15, 0.2) is 0 Å². The van der Waals surface area contributed by atoms with E-state index in [1.807, 2.05) is 49.4 Å². The van der Waals surface area contributed by atoms with Crippen LogP contribution in [0.2, 0.25) is 0 Å². The van der Waals surface area contributed by atoms with E-state index >= 15 is 0 Å². The molecule has 0 fully saturated rings. The molecule has 0 aliphatic carbocycles. The fraction of sp³-hybridized carbons (Fsp3) is 0.111. The van der Waals surface area contributed by atoms with Gasteiger partial charge >= 0.3 is 0 Å². The summed E-state index contributed by atoms with van der Waals surface area (Å²) in [6.07, 6.45) is 1.57. The Morgan fingerprint density at radius 2 is 1.91 bits per heavy atom. The van der Waals surface area contributed by atoms with Gasteiger partial charge in [-0.3, -0.25) is 4.98 Å². The molecule has 4 heteroatoms. The molecule has 0 aliphatic heterocycles. The molecule has 1 heterocycles. The Hall–Kier alpha value is -3.06. The lowest BCUT2D eigenvalue weighted by molar-refractivity contribution is 0.419. The molecule has 0 radical (unpaired) electrons. The second-order valence-corrected chi connectivity index (χ2v) is 5.01. The number of benzene rings is 2. The average Bonchev–Trinajstić information content (AvgIpc) is 2.56. The first-order valence-corrected chi connectivity index (χ1v) is 6.92. The number of anilines is 2. The summed E-state index contributed by atoms with van der Waals surface area (Å²) in [5, 5.41) is 13.6. The van der Waals surface area contributed by atoms with Crippen LogP contribution in [0.25, 0.3) is 10.9 Å². The third-order valence-corrected chi connectivity index (χ3v) is 3.52. The standard InChI is InChI=1S/C18H15N3O/c1-12-6-8-14(9-7-12)21-17-13(10-19)11-20-18-15(17)4-3-5-16(18)22-2/h3-9,11H,1-2H3,(H,20,21). The van der Waals surface area contributed by atoms with E-state index in [9.17, 15) is 5.26 Å². The quantitative estimate of drug-likeness (QED) is 0.786. The summed E-state index contributed by atoms with van der Waals surface area (Å²) in [4.78, 5) is 4.35. The lowest BCUT2D eigenvalue weighted by atomic mass is 10.1. The highest BCUT2D eigenvalue weighted by molar-refractivity contribution is 5.98. The van der Waals surface area contributed by atoms with Gasteiger partial charge < -0.3 is 10.1 Å². The number of hydrogen-bond donors (Lipinski definition) is 1. The minimum absolute atomic E-state index is 0.501. The lowest BCUT2D eigenvalue weighted by Crippen LogP contribution is -1.98. The van der Waals surface area contributed by atoms with Crippen molar-refractivity contribution in [1.29, 1.82) is 5.26 Å². The second kappa shape index (κ2) is 5.74. The van der Waals surface area contributed by atoms with E-state index in [1.165, 1.54) is 5.56 Å². The highest BCUT2D eigenvalue weighted by Gasteiger charge is 2.12. The Morgan fingerprint density at radius 1 is 1.14 bits per heavy atom. The van der Waals surface area contributed by atoms with Crippen molar-refractivity contribution in [2.24, 2.45) is 0 Å². The smallest absolute Gasteiger partial charge is 0.145 e. The zero-order valence-corrected chi connectivity index (χ0v) is 12.4. The van der Waals surface area contributed by atoms with Gasteiger partial charge in [0.1, 0.15) is 17.3 Å². The molecule has 0 unspecified atom stereocenters. The number of para-hydroxylation sites is 1. The van der Waals surface area contributed by atoms with E-state index in [0.717, 1.165) is 22.3 Å². The van der Waals surface area contributed by atoms with Crippen molar-refractivity contribution >= 4 is 22.3 Å². The number of nitrogens with one attached hydrogen (secondary N) is 1. The van der Waals surface area contributed by atoms with Gasteiger partial charge in [0.05, 0.1) is 18.4 Å². The first kappa shape index (κ1) is 13.9. The predicted molar refractivity (Wildman–Crippen MR) is 87.5 cm³/mol. The summed E-state index contributed by atoms with van der Waals surface area (Å²) in [7, 11) is 1.61. The van der Waals surface area contributed by atoms with Crippen molar-refractivity contribution in [1.82, 2.24) is 4.98 Å². The summed E-state index contributed by atoms with van der Waals surface area (Å²) in [6, 6.07) is 15.9. The third-order valence-electron chi connectivity index (χ3n) is 3.52. The monoisotopic (exact) mass is 289 g/mol. The number of aryl methyl sites for hydroxylation is 1. The van der Waals surface area contributed by atoms with Crippen LogP contribution < -0.4 is 10.1 Å². The van der Waals surface area contributed by atoms with Crippen LogP contribution in [-0.4, -0.2) is 12.1 Å². The molecule has 2 aromatic carbocycles. The number of methoxy groups -OCH3 is 1. The number of hydrogen-bond acceptors (Lipinski definition) is 4. The second-order valence-electron chi connectivity index (χ2n) is 5.01. The molecule has 0 saturated carbocycles. The lowest BCUT2D eigenvalue weighted by Gasteiger charge is -2.13. The van der Waals surface area contributed by atoms with Gasteiger partial charge in [-0.15, -0.1) is 0 Å². The van der Waals surface area contributed by atoms with Crippen LogP contribution in [0.1, 0.15) is 11.1 Å². The zero-order valence-electron chi connectivity index (χ0n) is 12.4. The van der Waals surface area contributed by atoms with Crippen LogP contribution >= 0.6 is 0 Å².